The minimum absolute atomic E-state index is 0.269. The highest BCUT2D eigenvalue weighted by Gasteiger charge is 2.27. The molecule has 2 aliphatic heterocycles. The number of nitrogens with zero attached hydrogens (tertiary/aromatic N) is 2. The Hall–Kier alpha value is -1.68. The van der Waals surface area contributed by atoms with Crippen molar-refractivity contribution in [1.82, 2.24) is 9.62 Å². The van der Waals surface area contributed by atoms with Gasteiger partial charge in [0.05, 0.1) is 29.5 Å². The maximum atomic E-state index is 13.1. The van der Waals surface area contributed by atoms with E-state index in [2.05, 4.69) is 22.1 Å². The van der Waals surface area contributed by atoms with Crippen LogP contribution in [0.5, 0.6) is 0 Å². The van der Waals surface area contributed by atoms with Crippen LogP contribution in [-0.4, -0.2) is 63.8 Å². The summed E-state index contributed by atoms with van der Waals surface area (Å²) in [7, 11) is -3.58. The lowest BCUT2D eigenvalue weighted by Crippen LogP contribution is -2.40. The van der Waals surface area contributed by atoms with Crippen LogP contribution in [-0.2, 0) is 14.8 Å². The zero-order valence-electron chi connectivity index (χ0n) is 16.9. The Morgan fingerprint density at radius 3 is 2.52 bits per heavy atom. The summed E-state index contributed by atoms with van der Waals surface area (Å²) in [5.74, 6) is 0. The van der Waals surface area contributed by atoms with E-state index in [1.807, 2.05) is 13.0 Å². The molecular weight excluding hydrogens is 408 g/mol. The van der Waals surface area contributed by atoms with Gasteiger partial charge in [-0.2, -0.15) is 4.31 Å². The van der Waals surface area contributed by atoms with Gasteiger partial charge >= 0.3 is 0 Å². The van der Waals surface area contributed by atoms with Crippen LogP contribution >= 0.6 is 12.2 Å². The third-order valence-corrected chi connectivity index (χ3v) is 7.21. The molecule has 3 rings (SSSR count). The van der Waals surface area contributed by atoms with E-state index in [4.69, 9.17) is 17.0 Å². The van der Waals surface area contributed by atoms with Gasteiger partial charge in [0, 0.05) is 32.7 Å². The van der Waals surface area contributed by atoms with E-state index in [-0.39, 0.29) is 4.90 Å². The van der Waals surface area contributed by atoms with Crippen molar-refractivity contribution in [2.75, 3.05) is 56.2 Å². The molecule has 0 amide bonds. The number of thiocarbonyl (C=S) groups is 1. The van der Waals surface area contributed by atoms with Gasteiger partial charge in [0.15, 0.2) is 5.11 Å². The van der Waals surface area contributed by atoms with Gasteiger partial charge in [0.25, 0.3) is 0 Å². The van der Waals surface area contributed by atoms with E-state index in [9.17, 15) is 8.42 Å². The van der Waals surface area contributed by atoms with Crippen molar-refractivity contribution < 1.29 is 13.2 Å². The Morgan fingerprint density at radius 1 is 1.17 bits per heavy atom. The van der Waals surface area contributed by atoms with Gasteiger partial charge in [0.1, 0.15) is 0 Å². The molecule has 2 fully saturated rings. The Balaban J connectivity index is 1.89. The number of morpholine rings is 1. The van der Waals surface area contributed by atoms with Crippen LogP contribution in [0, 0.1) is 0 Å². The lowest BCUT2D eigenvalue weighted by molar-refractivity contribution is 0.0730. The summed E-state index contributed by atoms with van der Waals surface area (Å²) in [6.45, 7) is 9.85. The Kier molecular flexibility index (Phi) is 7.50. The van der Waals surface area contributed by atoms with E-state index >= 15 is 0 Å². The molecule has 7 nitrogen and oxygen atoms in total. The lowest BCUT2D eigenvalue weighted by Gasteiger charge is -2.31. The van der Waals surface area contributed by atoms with Gasteiger partial charge < -0.3 is 20.3 Å². The van der Waals surface area contributed by atoms with E-state index in [1.54, 1.807) is 12.1 Å². The number of anilines is 2. The third-order valence-electron chi connectivity index (χ3n) is 5.07. The topological polar surface area (TPSA) is 73.9 Å². The quantitative estimate of drug-likeness (QED) is 0.522. The van der Waals surface area contributed by atoms with E-state index in [0.29, 0.717) is 43.6 Å². The molecule has 0 aromatic heterocycles. The van der Waals surface area contributed by atoms with Crippen molar-refractivity contribution in [2.45, 2.75) is 31.1 Å². The second-order valence-corrected chi connectivity index (χ2v) is 9.85. The van der Waals surface area contributed by atoms with Gasteiger partial charge in [-0.15, -0.1) is 0 Å². The molecule has 2 aliphatic rings. The van der Waals surface area contributed by atoms with Crippen molar-refractivity contribution in [2.24, 2.45) is 0 Å². The first-order chi connectivity index (χ1) is 13.9. The first-order valence-electron chi connectivity index (χ1n) is 10.0. The van der Waals surface area contributed by atoms with Crippen molar-refractivity contribution in [1.29, 1.82) is 0 Å². The Bertz CT molecular complexity index is 845. The van der Waals surface area contributed by atoms with Crippen LogP contribution in [0.4, 0.5) is 11.4 Å². The van der Waals surface area contributed by atoms with Gasteiger partial charge in [-0.25, -0.2) is 8.42 Å². The fourth-order valence-corrected chi connectivity index (χ4v) is 5.14. The number of hydrogen-bond acceptors (Lipinski definition) is 5. The SMILES string of the molecule is C=C(C)CNC(=S)Nc1cc(S(=O)(=O)N2CCOCC2)ccc1N1CCCCC1. The second kappa shape index (κ2) is 9.88. The maximum absolute atomic E-state index is 13.1. The van der Waals surface area contributed by atoms with Crippen molar-refractivity contribution >= 4 is 38.7 Å². The first-order valence-corrected chi connectivity index (χ1v) is 11.9. The molecule has 2 N–H and O–H groups in total. The summed E-state index contributed by atoms with van der Waals surface area (Å²) < 4.78 is 33.0. The molecule has 0 radical (unpaired) electrons. The minimum atomic E-state index is -3.58. The summed E-state index contributed by atoms with van der Waals surface area (Å²) in [6, 6.07) is 5.29. The molecular formula is C20H30N4O3S2. The summed E-state index contributed by atoms with van der Waals surface area (Å²) in [5.41, 5.74) is 2.65. The fourth-order valence-electron chi connectivity index (χ4n) is 3.52. The number of sulfonamides is 1. The van der Waals surface area contributed by atoms with E-state index < -0.39 is 10.0 Å². The van der Waals surface area contributed by atoms with E-state index in [1.165, 1.54) is 10.7 Å². The maximum Gasteiger partial charge on any atom is 0.243 e. The minimum Gasteiger partial charge on any atom is -0.379 e. The number of rotatable bonds is 6. The molecule has 0 unspecified atom stereocenters. The zero-order chi connectivity index (χ0) is 20.9. The van der Waals surface area contributed by atoms with Gasteiger partial charge in [-0.3, -0.25) is 0 Å². The lowest BCUT2D eigenvalue weighted by atomic mass is 10.1. The normalized spacial score (nSPS) is 18.3. The van der Waals surface area contributed by atoms with Gasteiger partial charge in [-0.1, -0.05) is 12.2 Å². The highest BCUT2D eigenvalue weighted by atomic mass is 32.2. The van der Waals surface area contributed by atoms with Gasteiger partial charge in [0.2, 0.25) is 10.0 Å². The molecule has 2 heterocycles. The molecule has 29 heavy (non-hydrogen) atoms. The van der Waals surface area contributed by atoms with Crippen LogP contribution < -0.4 is 15.5 Å². The van der Waals surface area contributed by atoms with E-state index in [0.717, 1.165) is 37.2 Å². The summed E-state index contributed by atoms with van der Waals surface area (Å²) >= 11 is 5.42. The average molecular weight is 439 g/mol. The molecule has 0 aliphatic carbocycles. The fraction of sp³-hybridized carbons (Fsp3) is 0.550. The number of benzene rings is 1. The van der Waals surface area contributed by atoms with Crippen LogP contribution in [0.2, 0.25) is 0 Å². The molecule has 2 saturated heterocycles. The summed E-state index contributed by atoms with van der Waals surface area (Å²) in [5, 5.41) is 6.77. The number of hydrogen-bond donors (Lipinski definition) is 2. The molecule has 0 bridgehead atoms. The smallest absolute Gasteiger partial charge is 0.243 e. The summed E-state index contributed by atoms with van der Waals surface area (Å²) in [6.07, 6.45) is 3.48. The highest BCUT2D eigenvalue weighted by Crippen LogP contribution is 2.32. The molecule has 9 heteroatoms. The first kappa shape index (κ1) is 22.0. The molecule has 0 atom stereocenters. The standard InChI is InChI=1S/C20H30N4O3S2/c1-16(2)15-21-20(28)22-18-14-17(29(25,26)24-10-12-27-13-11-24)6-7-19(18)23-8-4-3-5-9-23/h6-7,14H,1,3-5,8-13,15H2,2H3,(H2,21,22,28). The number of ether oxygens (including phenoxy) is 1. The summed E-state index contributed by atoms with van der Waals surface area (Å²) in [4.78, 5) is 2.56. The molecule has 1 aromatic rings. The number of nitrogens with one attached hydrogen (secondary N) is 2. The number of piperidine rings is 1. The second-order valence-electron chi connectivity index (χ2n) is 7.51. The molecule has 0 saturated carbocycles. The van der Waals surface area contributed by atoms with Gasteiger partial charge in [-0.05, 0) is 56.6 Å². The Labute approximate surface area is 179 Å². The monoisotopic (exact) mass is 438 g/mol. The predicted molar refractivity (Wildman–Crippen MR) is 121 cm³/mol. The highest BCUT2D eigenvalue weighted by molar-refractivity contribution is 7.89. The average Bonchev–Trinajstić information content (AvgIpc) is 2.73. The molecule has 1 aromatic carbocycles. The largest absolute Gasteiger partial charge is 0.379 e. The van der Waals surface area contributed by atoms with Crippen LogP contribution in [0.25, 0.3) is 0 Å². The predicted octanol–water partition coefficient (Wildman–Crippen LogP) is 2.56. The van der Waals surface area contributed by atoms with Crippen LogP contribution in [0.3, 0.4) is 0 Å². The van der Waals surface area contributed by atoms with Crippen LogP contribution in [0.15, 0.2) is 35.2 Å². The van der Waals surface area contributed by atoms with Crippen LogP contribution in [0.1, 0.15) is 26.2 Å². The molecule has 0 spiro atoms. The van der Waals surface area contributed by atoms with Crippen molar-refractivity contribution in [3.63, 3.8) is 0 Å². The molecule has 160 valence electrons. The zero-order valence-corrected chi connectivity index (χ0v) is 18.6. The van der Waals surface area contributed by atoms with Crippen molar-refractivity contribution in [3.8, 4) is 0 Å². The Morgan fingerprint density at radius 2 is 1.86 bits per heavy atom. The third kappa shape index (κ3) is 5.69. The van der Waals surface area contributed by atoms with Crippen molar-refractivity contribution in [3.05, 3.63) is 30.4 Å².